The molecule has 1 atom stereocenters. The first-order valence-electron chi connectivity index (χ1n) is 6.68. The zero-order chi connectivity index (χ0) is 14.5. The van der Waals surface area contributed by atoms with Gasteiger partial charge in [0.15, 0.2) is 0 Å². The van der Waals surface area contributed by atoms with Gasteiger partial charge in [0.25, 0.3) is 0 Å². The van der Waals surface area contributed by atoms with E-state index in [1.807, 2.05) is 12.1 Å². The van der Waals surface area contributed by atoms with Crippen molar-refractivity contribution < 1.29 is 13.5 Å². The highest BCUT2D eigenvalue weighted by Gasteiger charge is 2.22. The molecule has 1 aromatic carbocycles. The van der Waals surface area contributed by atoms with Gasteiger partial charge in [-0.2, -0.15) is 4.31 Å². The lowest BCUT2D eigenvalue weighted by Gasteiger charge is -2.19. The van der Waals surface area contributed by atoms with Gasteiger partial charge in [0.2, 0.25) is 10.0 Å². The second kappa shape index (κ2) is 7.03. The average Bonchev–Trinajstić information content (AvgIpc) is 2.43. The molecule has 0 spiro atoms. The van der Waals surface area contributed by atoms with Crippen LogP contribution in [0.25, 0.3) is 0 Å². The van der Waals surface area contributed by atoms with Crippen LogP contribution in [0.2, 0.25) is 0 Å². The van der Waals surface area contributed by atoms with Gasteiger partial charge in [-0.15, -0.1) is 0 Å². The molecular formula is C14H23NO3S. The fourth-order valence-corrected chi connectivity index (χ4v) is 3.35. The summed E-state index contributed by atoms with van der Waals surface area (Å²) in [7, 11) is -3.49. The summed E-state index contributed by atoms with van der Waals surface area (Å²) in [5.41, 5.74) is 1.15. The average molecular weight is 285 g/mol. The van der Waals surface area contributed by atoms with Crippen molar-refractivity contribution in [2.75, 3.05) is 19.7 Å². The van der Waals surface area contributed by atoms with Crippen molar-refractivity contribution in [2.45, 2.75) is 38.0 Å². The van der Waals surface area contributed by atoms with Crippen molar-refractivity contribution in [1.82, 2.24) is 4.31 Å². The molecule has 1 N–H and O–H groups in total. The molecule has 0 radical (unpaired) electrons. The molecule has 0 aliphatic rings. The van der Waals surface area contributed by atoms with Gasteiger partial charge in [-0.1, -0.05) is 32.9 Å². The third-order valence-electron chi connectivity index (χ3n) is 3.40. The molecule has 0 aliphatic carbocycles. The van der Waals surface area contributed by atoms with Crippen LogP contribution in [0.4, 0.5) is 0 Å². The minimum Gasteiger partial charge on any atom is -0.395 e. The standard InChI is InChI=1S/C14H23NO3S/c1-4-12(3)13-6-8-14(9-7-13)19(17,18)15(5-2)10-11-16/h6-9,12,16H,4-5,10-11H2,1-3H3/t12-/m0/s1. The number of nitrogens with zero attached hydrogens (tertiary/aromatic N) is 1. The Hall–Kier alpha value is -0.910. The highest BCUT2D eigenvalue weighted by atomic mass is 32.2. The minimum atomic E-state index is -3.49. The van der Waals surface area contributed by atoms with Crippen molar-refractivity contribution in [3.63, 3.8) is 0 Å². The molecule has 1 aromatic rings. The predicted octanol–water partition coefficient (Wildman–Crippen LogP) is 2.20. The number of aliphatic hydroxyl groups is 1. The number of hydrogen-bond donors (Lipinski definition) is 1. The van der Waals surface area contributed by atoms with E-state index in [1.165, 1.54) is 4.31 Å². The van der Waals surface area contributed by atoms with E-state index in [4.69, 9.17) is 5.11 Å². The first-order chi connectivity index (χ1) is 8.97. The van der Waals surface area contributed by atoms with E-state index in [2.05, 4.69) is 13.8 Å². The zero-order valence-electron chi connectivity index (χ0n) is 11.8. The zero-order valence-corrected chi connectivity index (χ0v) is 12.7. The van der Waals surface area contributed by atoms with Gasteiger partial charge < -0.3 is 5.11 Å². The third-order valence-corrected chi connectivity index (χ3v) is 5.39. The number of likely N-dealkylation sites (N-methyl/N-ethyl adjacent to an activating group) is 1. The molecule has 0 saturated carbocycles. The van der Waals surface area contributed by atoms with Crippen molar-refractivity contribution >= 4 is 10.0 Å². The van der Waals surface area contributed by atoms with E-state index < -0.39 is 10.0 Å². The smallest absolute Gasteiger partial charge is 0.243 e. The van der Waals surface area contributed by atoms with E-state index >= 15 is 0 Å². The molecule has 5 heteroatoms. The summed E-state index contributed by atoms with van der Waals surface area (Å²) < 4.78 is 25.9. The summed E-state index contributed by atoms with van der Waals surface area (Å²) in [6.07, 6.45) is 1.03. The molecule has 19 heavy (non-hydrogen) atoms. The van der Waals surface area contributed by atoms with Crippen molar-refractivity contribution in [1.29, 1.82) is 0 Å². The Bertz CT molecular complexity index is 482. The fraction of sp³-hybridized carbons (Fsp3) is 0.571. The Morgan fingerprint density at radius 3 is 2.21 bits per heavy atom. The number of sulfonamides is 1. The monoisotopic (exact) mass is 285 g/mol. The summed E-state index contributed by atoms with van der Waals surface area (Å²) in [5, 5.41) is 8.92. The van der Waals surface area contributed by atoms with Crippen molar-refractivity contribution in [3.8, 4) is 0 Å². The fourth-order valence-electron chi connectivity index (χ4n) is 1.91. The lowest BCUT2D eigenvalue weighted by Crippen LogP contribution is -2.33. The van der Waals surface area contributed by atoms with Crippen LogP contribution < -0.4 is 0 Å². The lowest BCUT2D eigenvalue weighted by molar-refractivity contribution is 0.257. The number of benzene rings is 1. The van der Waals surface area contributed by atoms with Gasteiger partial charge in [-0.25, -0.2) is 8.42 Å². The molecular weight excluding hydrogens is 262 g/mol. The minimum absolute atomic E-state index is 0.131. The van der Waals surface area contributed by atoms with Crippen LogP contribution in [0.15, 0.2) is 29.2 Å². The topological polar surface area (TPSA) is 57.6 Å². The van der Waals surface area contributed by atoms with E-state index in [0.717, 1.165) is 12.0 Å². The molecule has 0 amide bonds. The molecule has 4 nitrogen and oxygen atoms in total. The molecule has 0 saturated heterocycles. The Balaban J connectivity index is 3.02. The van der Waals surface area contributed by atoms with Gasteiger partial charge in [-0.05, 0) is 30.0 Å². The molecule has 0 aliphatic heterocycles. The van der Waals surface area contributed by atoms with Crippen LogP contribution in [0.5, 0.6) is 0 Å². The van der Waals surface area contributed by atoms with Gasteiger partial charge >= 0.3 is 0 Å². The molecule has 108 valence electrons. The first kappa shape index (κ1) is 16.1. The Morgan fingerprint density at radius 2 is 1.79 bits per heavy atom. The summed E-state index contributed by atoms with van der Waals surface area (Å²) in [4.78, 5) is 0.287. The van der Waals surface area contributed by atoms with Gasteiger partial charge in [0.1, 0.15) is 0 Å². The Labute approximate surface area is 116 Å². The Morgan fingerprint density at radius 1 is 1.21 bits per heavy atom. The van der Waals surface area contributed by atoms with Crippen LogP contribution in [-0.2, 0) is 10.0 Å². The van der Waals surface area contributed by atoms with Crippen LogP contribution in [0.3, 0.4) is 0 Å². The highest BCUT2D eigenvalue weighted by Crippen LogP contribution is 2.22. The quantitative estimate of drug-likeness (QED) is 0.835. The maximum Gasteiger partial charge on any atom is 0.243 e. The van der Waals surface area contributed by atoms with Gasteiger partial charge in [0.05, 0.1) is 11.5 Å². The summed E-state index contributed by atoms with van der Waals surface area (Å²) in [5.74, 6) is 0.427. The highest BCUT2D eigenvalue weighted by molar-refractivity contribution is 7.89. The maximum absolute atomic E-state index is 12.3. The predicted molar refractivity (Wildman–Crippen MR) is 76.7 cm³/mol. The first-order valence-corrected chi connectivity index (χ1v) is 8.12. The molecule has 0 heterocycles. The number of aliphatic hydroxyl groups excluding tert-OH is 1. The van der Waals surface area contributed by atoms with Crippen LogP contribution >= 0.6 is 0 Å². The SMILES string of the molecule is CC[C@H](C)c1ccc(S(=O)(=O)N(CC)CCO)cc1. The summed E-state index contributed by atoms with van der Waals surface area (Å²) >= 11 is 0. The van der Waals surface area contributed by atoms with Crippen LogP contribution in [-0.4, -0.2) is 37.5 Å². The van der Waals surface area contributed by atoms with Crippen LogP contribution in [0, 0.1) is 0 Å². The maximum atomic E-state index is 12.3. The van der Waals surface area contributed by atoms with Crippen molar-refractivity contribution in [2.24, 2.45) is 0 Å². The number of rotatable bonds is 7. The summed E-state index contributed by atoms with van der Waals surface area (Å²) in [6.45, 7) is 6.31. The van der Waals surface area contributed by atoms with E-state index in [0.29, 0.717) is 12.5 Å². The Kier molecular flexibility index (Phi) is 5.97. The normalized spacial score (nSPS) is 13.7. The van der Waals surface area contributed by atoms with Gasteiger partial charge in [0, 0.05) is 13.1 Å². The molecule has 0 bridgehead atoms. The second-order valence-corrected chi connectivity index (χ2v) is 6.54. The molecule has 0 fully saturated rings. The third kappa shape index (κ3) is 3.78. The van der Waals surface area contributed by atoms with Gasteiger partial charge in [-0.3, -0.25) is 0 Å². The van der Waals surface area contributed by atoms with E-state index in [1.54, 1.807) is 19.1 Å². The van der Waals surface area contributed by atoms with E-state index in [9.17, 15) is 8.42 Å². The van der Waals surface area contributed by atoms with Crippen molar-refractivity contribution in [3.05, 3.63) is 29.8 Å². The largest absolute Gasteiger partial charge is 0.395 e. The lowest BCUT2D eigenvalue weighted by atomic mass is 9.99. The van der Waals surface area contributed by atoms with E-state index in [-0.39, 0.29) is 18.0 Å². The molecule has 0 aromatic heterocycles. The second-order valence-electron chi connectivity index (χ2n) is 4.60. The molecule has 0 unspecified atom stereocenters. The summed E-state index contributed by atoms with van der Waals surface area (Å²) in [6, 6.07) is 7.04. The number of hydrogen-bond acceptors (Lipinski definition) is 3. The molecule has 1 rings (SSSR count). The van der Waals surface area contributed by atoms with Crippen LogP contribution in [0.1, 0.15) is 38.7 Å².